The van der Waals surface area contributed by atoms with Crippen LogP contribution in [0.3, 0.4) is 0 Å². The van der Waals surface area contributed by atoms with Gasteiger partial charge >= 0.3 is 0 Å². The molecule has 8 heteroatoms. The van der Waals surface area contributed by atoms with Crippen molar-refractivity contribution in [1.82, 2.24) is 9.80 Å². The molecule has 2 aliphatic rings. The Hall–Kier alpha value is -1.67. The van der Waals surface area contributed by atoms with Crippen molar-refractivity contribution in [2.24, 2.45) is 0 Å². The summed E-state index contributed by atoms with van der Waals surface area (Å²) >= 11 is 0. The Morgan fingerprint density at radius 2 is 1.88 bits per heavy atom. The fraction of sp³-hybridized carbons (Fsp3) is 0.611. The Morgan fingerprint density at radius 3 is 2.46 bits per heavy atom. The van der Waals surface area contributed by atoms with E-state index in [1.165, 1.54) is 6.07 Å². The van der Waals surface area contributed by atoms with Gasteiger partial charge in [-0.1, -0.05) is 12.1 Å². The third-order valence-electron chi connectivity index (χ3n) is 5.52. The lowest BCUT2D eigenvalue weighted by Crippen LogP contribution is -2.55. The first-order valence-corrected chi connectivity index (χ1v) is 10.8. The molecule has 2 fully saturated rings. The molecular formula is C18H26FN3O3S. The normalized spacial score (nSPS) is 24.4. The Morgan fingerprint density at radius 1 is 1.23 bits per heavy atom. The van der Waals surface area contributed by atoms with Gasteiger partial charge in [-0.15, -0.1) is 0 Å². The third-order valence-corrected chi connectivity index (χ3v) is 7.27. The van der Waals surface area contributed by atoms with Gasteiger partial charge in [0.25, 0.3) is 0 Å². The van der Waals surface area contributed by atoms with E-state index in [0.29, 0.717) is 38.3 Å². The SMILES string of the molecule is C[C@H](C(=O)N(C)[C@@H]1CCS(=O)(=O)C1)N1CCN(c2ccccc2F)CC1. The van der Waals surface area contributed by atoms with Crippen molar-refractivity contribution in [3.63, 3.8) is 0 Å². The molecule has 0 bridgehead atoms. The molecule has 0 unspecified atom stereocenters. The van der Waals surface area contributed by atoms with Crippen molar-refractivity contribution in [3.8, 4) is 0 Å². The molecule has 2 atom stereocenters. The maximum atomic E-state index is 13.9. The number of nitrogens with zero attached hydrogens (tertiary/aromatic N) is 3. The quantitative estimate of drug-likeness (QED) is 0.776. The molecule has 0 spiro atoms. The van der Waals surface area contributed by atoms with Gasteiger partial charge in [0.05, 0.1) is 23.2 Å². The fourth-order valence-corrected chi connectivity index (χ4v) is 5.54. The lowest BCUT2D eigenvalue weighted by Gasteiger charge is -2.40. The minimum Gasteiger partial charge on any atom is -0.367 e. The number of amides is 1. The molecule has 2 heterocycles. The monoisotopic (exact) mass is 383 g/mol. The van der Waals surface area contributed by atoms with E-state index < -0.39 is 9.84 Å². The summed E-state index contributed by atoms with van der Waals surface area (Å²) in [6.45, 7) is 4.50. The number of hydrogen-bond donors (Lipinski definition) is 0. The van der Waals surface area contributed by atoms with Gasteiger partial charge in [0, 0.05) is 39.3 Å². The highest BCUT2D eigenvalue weighted by Gasteiger charge is 2.36. The lowest BCUT2D eigenvalue weighted by atomic mass is 10.1. The number of carbonyl (C=O) groups is 1. The highest BCUT2D eigenvalue weighted by molar-refractivity contribution is 7.91. The molecule has 26 heavy (non-hydrogen) atoms. The second-order valence-electron chi connectivity index (χ2n) is 7.16. The van der Waals surface area contributed by atoms with E-state index in [1.807, 2.05) is 17.9 Å². The Labute approximate surface area is 154 Å². The lowest BCUT2D eigenvalue weighted by molar-refractivity contribution is -0.136. The van der Waals surface area contributed by atoms with Crippen LogP contribution in [0.5, 0.6) is 0 Å². The van der Waals surface area contributed by atoms with Crippen molar-refractivity contribution < 1.29 is 17.6 Å². The largest absolute Gasteiger partial charge is 0.367 e. The topological polar surface area (TPSA) is 60.9 Å². The van der Waals surface area contributed by atoms with Crippen LogP contribution < -0.4 is 4.90 Å². The molecular weight excluding hydrogens is 357 g/mol. The Kier molecular flexibility index (Phi) is 5.53. The maximum absolute atomic E-state index is 13.9. The van der Waals surface area contributed by atoms with E-state index >= 15 is 0 Å². The average molecular weight is 383 g/mol. The van der Waals surface area contributed by atoms with Crippen LogP contribution in [0.4, 0.5) is 10.1 Å². The summed E-state index contributed by atoms with van der Waals surface area (Å²) < 4.78 is 37.2. The van der Waals surface area contributed by atoms with Gasteiger partial charge in [0.2, 0.25) is 5.91 Å². The molecule has 0 aromatic heterocycles. The molecule has 2 saturated heterocycles. The predicted molar refractivity (Wildman–Crippen MR) is 99.5 cm³/mol. The number of sulfone groups is 1. The van der Waals surface area contributed by atoms with Crippen LogP contribution in [-0.4, -0.2) is 80.9 Å². The summed E-state index contributed by atoms with van der Waals surface area (Å²) in [5.74, 6) is -0.0627. The van der Waals surface area contributed by atoms with Crippen LogP contribution in [0, 0.1) is 5.82 Å². The van der Waals surface area contributed by atoms with Crippen LogP contribution in [-0.2, 0) is 14.6 Å². The van der Waals surface area contributed by atoms with E-state index in [-0.39, 0.29) is 35.3 Å². The molecule has 0 aliphatic carbocycles. The van der Waals surface area contributed by atoms with Gasteiger partial charge in [-0.05, 0) is 25.5 Å². The molecule has 0 N–H and O–H groups in total. The Bertz CT molecular complexity index is 763. The van der Waals surface area contributed by atoms with E-state index in [2.05, 4.69) is 4.90 Å². The molecule has 0 saturated carbocycles. The number of para-hydroxylation sites is 1. The van der Waals surface area contributed by atoms with Gasteiger partial charge in [-0.2, -0.15) is 0 Å². The second-order valence-corrected chi connectivity index (χ2v) is 9.39. The first-order valence-electron chi connectivity index (χ1n) is 8.99. The van der Waals surface area contributed by atoms with Crippen LogP contribution in [0.15, 0.2) is 24.3 Å². The van der Waals surface area contributed by atoms with Crippen molar-refractivity contribution in [2.45, 2.75) is 25.4 Å². The van der Waals surface area contributed by atoms with Gasteiger partial charge in [0.1, 0.15) is 5.82 Å². The first kappa shape index (κ1) is 19.1. The number of anilines is 1. The van der Waals surface area contributed by atoms with Gasteiger partial charge in [-0.3, -0.25) is 9.69 Å². The third kappa shape index (κ3) is 4.01. The summed E-state index contributed by atoms with van der Waals surface area (Å²) in [5, 5.41) is 0. The summed E-state index contributed by atoms with van der Waals surface area (Å²) in [6, 6.07) is 6.18. The summed E-state index contributed by atoms with van der Waals surface area (Å²) in [4.78, 5) is 18.4. The smallest absolute Gasteiger partial charge is 0.239 e. The fourth-order valence-electron chi connectivity index (χ4n) is 3.77. The summed E-state index contributed by atoms with van der Waals surface area (Å²) in [6.07, 6.45) is 0.512. The summed E-state index contributed by atoms with van der Waals surface area (Å²) in [7, 11) is -1.32. The van der Waals surface area contributed by atoms with Gasteiger partial charge in [-0.25, -0.2) is 12.8 Å². The van der Waals surface area contributed by atoms with Crippen LogP contribution in [0.2, 0.25) is 0 Å². The molecule has 1 aromatic rings. The maximum Gasteiger partial charge on any atom is 0.239 e. The summed E-state index contributed by atoms with van der Waals surface area (Å²) in [5.41, 5.74) is 0.597. The number of likely N-dealkylation sites (N-methyl/N-ethyl adjacent to an activating group) is 1. The van der Waals surface area contributed by atoms with Crippen LogP contribution in [0.1, 0.15) is 13.3 Å². The second kappa shape index (κ2) is 7.52. The van der Waals surface area contributed by atoms with Crippen molar-refractivity contribution >= 4 is 21.4 Å². The number of hydrogen-bond acceptors (Lipinski definition) is 5. The highest BCUT2D eigenvalue weighted by Crippen LogP contribution is 2.22. The highest BCUT2D eigenvalue weighted by atomic mass is 32.2. The molecule has 3 rings (SSSR count). The molecule has 144 valence electrons. The van der Waals surface area contributed by atoms with E-state index in [9.17, 15) is 17.6 Å². The van der Waals surface area contributed by atoms with Gasteiger partial charge < -0.3 is 9.80 Å². The van der Waals surface area contributed by atoms with Crippen molar-refractivity contribution in [3.05, 3.63) is 30.1 Å². The Balaban J connectivity index is 1.57. The first-order chi connectivity index (χ1) is 12.3. The van der Waals surface area contributed by atoms with E-state index in [1.54, 1.807) is 24.1 Å². The van der Waals surface area contributed by atoms with Gasteiger partial charge in [0.15, 0.2) is 9.84 Å². The zero-order valence-electron chi connectivity index (χ0n) is 15.3. The number of benzene rings is 1. The number of rotatable bonds is 4. The number of carbonyl (C=O) groups excluding carboxylic acids is 1. The molecule has 1 aromatic carbocycles. The number of halogens is 1. The van der Waals surface area contributed by atoms with Crippen molar-refractivity contribution in [2.75, 3.05) is 49.6 Å². The zero-order chi connectivity index (χ0) is 18.9. The minimum atomic E-state index is -3.02. The molecule has 1 amide bonds. The van der Waals surface area contributed by atoms with Crippen LogP contribution >= 0.6 is 0 Å². The molecule has 6 nitrogen and oxygen atoms in total. The number of piperazine rings is 1. The average Bonchev–Trinajstić information content (AvgIpc) is 3.00. The van der Waals surface area contributed by atoms with E-state index in [4.69, 9.17) is 0 Å². The molecule has 2 aliphatic heterocycles. The van der Waals surface area contributed by atoms with Crippen LogP contribution in [0.25, 0.3) is 0 Å². The van der Waals surface area contributed by atoms with E-state index in [0.717, 1.165) is 0 Å². The zero-order valence-corrected chi connectivity index (χ0v) is 16.1. The minimum absolute atomic E-state index is 0.0496. The van der Waals surface area contributed by atoms with Crippen molar-refractivity contribution in [1.29, 1.82) is 0 Å². The predicted octanol–water partition coefficient (Wildman–Crippen LogP) is 0.982. The molecule has 0 radical (unpaired) electrons. The standard InChI is InChI=1S/C18H26FN3O3S/c1-14(18(23)20(2)15-7-12-26(24,25)13-15)21-8-10-22(11-9-21)17-6-4-3-5-16(17)19/h3-6,14-15H,7-13H2,1-2H3/t14-,15-/m1/s1.